The molecular formula is C11H12ClFN4O. The quantitative estimate of drug-likeness (QED) is 0.894. The maximum atomic E-state index is 13.1. The Kier molecular flexibility index (Phi) is 3.78. The normalized spacial score (nSPS) is 12.4. The summed E-state index contributed by atoms with van der Waals surface area (Å²) in [4.78, 5) is 0. The minimum absolute atomic E-state index is 0.0517. The fourth-order valence-corrected chi connectivity index (χ4v) is 1.55. The van der Waals surface area contributed by atoms with Gasteiger partial charge in [-0.05, 0) is 32.2 Å². The van der Waals surface area contributed by atoms with E-state index >= 15 is 0 Å². The second-order valence-electron chi connectivity index (χ2n) is 3.74. The molecule has 96 valence electrons. The predicted molar refractivity (Wildman–Crippen MR) is 66.5 cm³/mol. The van der Waals surface area contributed by atoms with Crippen LogP contribution in [0.1, 0.15) is 18.9 Å². The first-order valence-electron chi connectivity index (χ1n) is 5.32. The molecular weight excluding hydrogens is 259 g/mol. The molecule has 0 saturated carbocycles. The number of aromatic nitrogens is 2. The van der Waals surface area contributed by atoms with Crippen LogP contribution in [0.3, 0.4) is 0 Å². The highest BCUT2D eigenvalue weighted by Gasteiger charge is 2.12. The van der Waals surface area contributed by atoms with Crippen LogP contribution in [0.5, 0.6) is 0 Å². The van der Waals surface area contributed by atoms with Crippen molar-refractivity contribution in [2.45, 2.75) is 13.0 Å². The third-order valence-corrected chi connectivity index (χ3v) is 2.58. The molecule has 1 atom stereocenters. The van der Waals surface area contributed by atoms with Gasteiger partial charge in [-0.2, -0.15) is 0 Å². The van der Waals surface area contributed by atoms with Gasteiger partial charge >= 0.3 is 6.01 Å². The highest BCUT2D eigenvalue weighted by atomic mass is 35.5. The lowest BCUT2D eigenvalue weighted by atomic mass is 10.3. The molecule has 2 aromatic rings. The van der Waals surface area contributed by atoms with Gasteiger partial charge in [-0.1, -0.05) is 16.7 Å². The predicted octanol–water partition coefficient (Wildman–Crippen LogP) is 2.89. The van der Waals surface area contributed by atoms with Gasteiger partial charge in [0.2, 0.25) is 5.89 Å². The summed E-state index contributed by atoms with van der Waals surface area (Å²) in [7, 11) is 1.79. The zero-order chi connectivity index (χ0) is 13.1. The van der Waals surface area contributed by atoms with E-state index in [0.717, 1.165) is 0 Å². The smallest absolute Gasteiger partial charge is 0.320 e. The van der Waals surface area contributed by atoms with Gasteiger partial charge in [-0.15, -0.1) is 5.10 Å². The average molecular weight is 271 g/mol. The van der Waals surface area contributed by atoms with Crippen molar-refractivity contribution in [1.29, 1.82) is 0 Å². The van der Waals surface area contributed by atoms with Gasteiger partial charge < -0.3 is 15.1 Å². The van der Waals surface area contributed by atoms with Gasteiger partial charge in [0.15, 0.2) is 0 Å². The first-order valence-corrected chi connectivity index (χ1v) is 5.70. The van der Waals surface area contributed by atoms with Crippen molar-refractivity contribution in [3.63, 3.8) is 0 Å². The van der Waals surface area contributed by atoms with Gasteiger partial charge in [-0.3, -0.25) is 0 Å². The summed E-state index contributed by atoms with van der Waals surface area (Å²) >= 11 is 5.74. The minimum atomic E-state index is -0.437. The zero-order valence-corrected chi connectivity index (χ0v) is 10.6. The summed E-state index contributed by atoms with van der Waals surface area (Å²) in [5, 5.41) is 13.7. The lowest BCUT2D eigenvalue weighted by molar-refractivity contribution is 0.443. The SMILES string of the molecule is CNC(C)c1nnc(Nc2cc(F)cc(Cl)c2)o1. The summed E-state index contributed by atoms with van der Waals surface area (Å²) in [6.45, 7) is 1.89. The van der Waals surface area contributed by atoms with E-state index in [0.29, 0.717) is 16.6 Å². The second kappa shape index (κ2) is 5.32. The van der Waals surface area contributed by atoms with Gasteiger partial charge in [0.05, 0.1) is 6.04 Å². The average Bonchev–Trinajstić information content (AvgIpc) is 2.75. The van der Waals surface area contributed by atoms with Gasteiger partial charge in [-0.25, -0.2) is 4.39 Å². The topological polar surface area (TPSA) is 63.0 Å². The van der Waals surface area contributed by atoms with E-state index in [1.54, 1.807) is 13.1 Å². The minimum Gasteiger partial charge on any atom is -0.406 e. The Bertz CT molecular complexity index is 525. The van der Waals surface area contributed by atoms with Crippen LogP contribution < -0.4 is 10.6 Å². The molecule has 0 fully saturated rings. The lowest BCUT2D eigenvalue weighted by Gasteiger charge is -2.04. The summed E-state index contributed by atoms with van der Waals surface area (Å²) in [6, 6.07) is 4.21. The largest absolute Gasteiger partial charge is 0.406 e. The zero-order valence-electron chi connectivity index (χ0n) is 9.87. The Balaban J connectivity index is 2.16. The Morgan fingerprint density at radius 1 is 1.33 bits per heavy atom. The van der Waals surface area contributed by atoms with E-state index in [4.69, 9.17) is 16.0 Å². The molecule has 18 heavy (non-hydrogen) atoms. The number of hydrogen-bond donors (Lipinski definition) is 2. The van der Waals surface area contributed by atoms with Gasteiger partial charge in [0, 0.05) is 10.7 Å². The van der Waals surface area contributed by atoms with Crippen LogP contribution in [-0.4, -0.2) is 17.2 Å². The molecule has 2 rings (SSSR count). The number of benzene rings is 1. The molecule has 1 heterocycles. The van der Waals surface area contributed by atoms with E-state index in [9.17, 15) is 4.39 Å². The second-order valence-corrected chi connectivity index (χ2v) is 4.18. The molecule has 0 amide bonds. The first kappa shape index (κ1) is 12.8. The molecule has 5 nitrogen and oxygen atoms in total. The van der Waals surface area contributed by atoms with Crippen LogP contribution in [0.25, 0.3) is 0 Å². The van der Waals surface area contributed by atoms with Crippen molar-refractivity contribution in [1.82, 2.24) is 15.5 Å². The van der Waals surface area contributed by atoms with Crippen molar-refractivity contribution in [3.8, 4) is 0 Å². The van der Waals surface area contributed by atoms with Crippen LogP contribution in [0, 0.1) is 5.82 Å². The summed E-state index contributed by atoms with van der Waals surface area (Å²) < 4.78 is 18.5. The van der Waals surface area contributed by atoms with E-state index < -0.39 is 5.82 Å². The highest BCUT2D eigenvalue weighted by molar-refractivity contribution is 6.30. The van der Waals surface area contributed by atoms with Crippen LogP contribution in [0.4, 0.5) is 16.1 Å². The fourth-order valence-electron chi connectivity index (χ4n) is 1.33. The van der Waals surface area contributed by atoms with Crippen LogP contribution >= 0.6 is 11.6 Å². The standard InChI is InChI=1S/C11H12ClFN4O/c1-6(14-2)10-16-17-11(18-10)15-9-4-7(12)3-8(13)5-9/h3-6,14H,1-2H3,(H,15,17). The number of nitrogens with one attached hydrogen (secondary N) is 2. The van der Waals surface area contributed by atoms with E-state index in [-0.39, 0.29) is 12.1 Å². The Hall–Kier alpha value is -1.66. The van der Waals surface area contributed by atoms with Crippen molar-refractivity contribution in [2.75, 3.05) is 12.4 Å². The van der Waals surface area contributed by atoms with Crippen LogP contribution in [0.15, 0.2) is 22.6 Å². The molecule has 0 radical (unpaired) electrons. The Morgan fingerprint density at radius 3 is 2.78 bits per heavy atom. The molecule has 0 bridgehead atoms. The number of rotatable bonds is 4. The monoisotopic (exact) mass is 270 g/mol. The van der Waals surface area contributed by atoms with Crippen molar-refractivity contribution in [3.05, 3.63) is 34.9 Å². The molecule has 0 aliphatic rings. The summed E-state index contributed by atoms with van der Waals surface area (Å²) in [6.07, 6.45) is 0. The summed E-state index contributed by atoms with van der Waals surface area (Å²) in [5.41, 5.74) is 0.451. The third kappa shape index (κ3) is 2.96. The third-order valence-electron chi connectivity index (χ3n) is 2.36. The van der Waals surface area contributed by atoms with Crippen molar-refractivity contribution in [2.24, 2.45) is 0 Å². The van der Waals surface area contributed by atoms with E-state index in [1.165, 1.54) is 12.1 Å². The molecule has 0 saturated heterocycles. The lowest BCUT2D eigenvalue weighted by Crippen LogP contribution is -2.12. The Morgan fingerprint density at radius 2 is 2.11 bits per heavy atom. The van der Waals surface area contributed by atoms with E-state index in [1.807, 2.05) is 6.92 Å². The molecule has 0 aliphatic carbocycles. The van der Waals surface area contributed by atoms with Crippen molar-refractivity contribution >= 4 is 23.3 Å². The van der Waals surface area contributed by atoms with Gasteiger partial charge in [0.1, 0.15) is 5.82 Å². The van der Waals surface area contributed by atoms with E-state index in [2.05, 4.69) is 20.8 Å². The number of halogens is 2. The summed E-state index contributed by atoms with van der Waals surface area (Å²) in [5.74, 6) is 0.0100. The maximum absolute atomic E-state index is 13.1. The maximum Gasteiger partial charge on any atom is 0.320 e. The van der Waals surface area contributed by atoms with Crippen LogP contribution in [0.2, 0.25) is 5.02 Å². The highest BCUT2D eigenvalue weighted by Crippen LogP contribution is 2.22. The van der Waals surface area contributed by atoms with Crippen molar-refractivity contribution < 1.29 is 8.81 Å². The number of nitrogens with zero attached hydrogens (tertiary/aromatic N) is 2. The van der Waals surface area contributed by atoms with Crippen LogP contribution in [-0.2, 0) is 0 Å². The molecule has 1 aromatic heterocycles. The number of hydrogen-bond acceptors (Lipinski definition) is 5. The molecule has 0 spiro atoms. The Labute approximate surface area is 108 Å². The number of anilines is 2. The first-order chi connectivity index (χ1) is 8.58. The molecule has 1 aromatic carbocycles. The molecule has 2 N–H and O–H groups in total. The molecule has 7 heteroatoms. The molecule has 0 aliphatic heterocycles. The molecule has 1 unspecified atom stereocenters. The fraction of sp³-hybridized carbons (Fsp3) is 0.273. The van der Waals surface area contributed by atoms with Gasteiger partial charge in [0.25, 0.3) is 0 Å².